The quantitative estimate of drug-likeness (QED) is 0.471. The largest absolute Gasteiger partial charge is 0.523 e. The zero-order valence-corrected chi connectivity index (χ0v) is 12.7. The van der Waals surface area contributed by atoms with Crippen molar-refractivity contribution in [1.82, 2.24) is 5.32 Å². The minimum Gasteiger partial charge on any atom is -0.444 e. The van der Waals surface area contributed by atoms with E-state index in [1.807, 2.05) is 5.32 Å². The van der Waals surface area contributed by atoms with Crippen molar-refractivity contribution in [2.24, 2.45) is 0 Å². The summed E-state index contributed by atoms with van der Waals surface area (Å²) in [4.78, 5) is 11.2. The van der Waals surface area contributed by atoms with E-state index < -0.39 is 46.1 Å². The molecular formula is C10H17F4NO5S. The Bertz CT molecular complexity index is 467. The summed E-state index contributed by atoms with van der Waals surface area (Å²) >= 11 is 0. The fourth-order valence-corrected chi connectivity index (χ4v) is 1.42. The molecule has 0 saturated carbocycles. The first-order valence-electron chi connectivity index (χ1n) is 5.67. The predicted octanol–water partition coefficient (Wildman–Crippen LogP) is 2.11. The number of rotatable bonds is 5. The van der Waals surface area contributed by atoms with Gasteiger partial charge in [0.25, 0.3) is 0 Å². The third kappa shape index (κ3) is 8.05. The number of carbonyl (C=O) groups is 1. The first kappa shape index (κ1) is 19.9. The molecule has 0 aromatic rings. The van der Waals surface area contributed by atoms with Gasteiger partial charge in [-0.2, -0.15) is 21.6 Å². The second-order valence-electron chi connectivity index (χ2n) is 5.43. The molecule has 0 bridgehead atoms. The van der Waals surface area contributed by atoms with Crippen LogP contribution in [-0.4, -0.2) is 44.4 Å². The molecule has 0 heterocycles. The molecule has 6 nitrogen and oxygen atoms in total. The van der Waals surface area contributed by atoms with Gasteiger partial charge in [0.2, 0.25) is 0 Å². The van der Waals surface area contributed by atoms with E-state index in [-0.39, 0.29) is 0 Å². The lowest BCUT2D eigenvalue weighted by Gasteiger charge is -2.23. The monoisotopic (exact) mass is 339 g/mol. The van der Waals surface area contributed by atoms with Crippen LogP contribution in [0.3, 0.4) is 0 Å². The fourth-order valence-electron chi connectivity index (χ4n) is 0.889. The molecule has 0 aliphatic carbocycles. The molecule has 0 aromatic carbocycles. The van der Waals surface area contributed by atoms with Gasteiger partial charge >= 0.3 is 21.7 Å². The molecule has 1 unspecified atom stereocenters. The van der Waals surface area contributed by atoms with E-state index >= 15 is 0 Å². The molecule has 0 spiro atoms. The summed E-state index contributed by atoms with van der Waals surface area (Å²) in [6, 6.07) is 0. The van der Waals surface area contributed by atoms with Crippen LogP contribution in [0.2, 0.25) is 0 Å². The summed E-state index contributed by atoms with van der Waals surface area (Å²) < 4.78 is 79.3. The average Bonchev–Trinajstić information content (AvgIpc) is 2.20. The first-order valence-corrected chi connectivity index (χ1v) is 7.08. The number of amides is 1. The summed E-state index contributed by atoms with van der Waals surface area (Å²) in [5.74, 6) is 0. The number of hydrogen-bond acceptors (Lipinski definition) is 5. The molecule has 1 atom stereocenters. The normalized spacial score (nSPS) is 16.2. The number of carbonyl (C=O) groups excluding carboxylic acids is 1. The zero-order chi connectivity index (χ0) is 17.1. The van der Waals surface area contributed by atoms with Crippen molar-refractivity contribution in [3.05, 3.63) is 0 Å². The van der Waals surface area contributed by atoms with Gasteiger partial charge in [-0.15, -0.1) is 0 Å². The van der Waals surface area contributed by atoms with E-state index in [1.54, 1.807) is 20.8 Å². The summed E-state index contributed by atoms with van der Waals surface area (Å²) in [5.41, 5.74) is -9.01. The number of alkyl halides is 4. The molecule has 0 saturated heterocycles. The van der Waals surface area contributed by atoms with E-state index in [2.05, 4.69) is 4.18 Å². The third-order valence-electron chi connectivity index (χ3n) is 1.80. The second-order valence-corrected chi connectivity index (χ2v) is 7.04. The highest BCUT2D eigenvalue weighted by molar-refractivity contribution is 7.87. The van der Waals surface area contributed by atoms with Crippen LogP contribution in [0.5, 0.6) is 0 Å². The molecule has 11 heteroatoms. The Balaban J connectivity index is 4.44. The molecule has 126 valence electrons. The van der Waals surface area contributed by atoms with E-state index in [9.17, 15) is 30.8 Å². The van der Waals surface area contributed by atoms with E-state index in [1.165, 1.54) is 0 Å². The van der Waals surface area contributed by atoms with Crippen LogP contribution in [0.15, 0.2) is 0 Å². The van der Waals surface area contributed by atoms with Crippen LogP contribution in [0, 0.1) is 0 Å². The molecule has 21 heavy (non-hydrogen) atoms. The summed E-state index contributed by atoms with van der Waals surface area (Å²) in [6.07, 6.45) is -0.995. The highest BCUT2D eigenvalue weighted by atomic mass is 32.2. The van der Waals surface area contributed by atoms with Crippen LogP contribution in [-0.2, 0) is 19.0 Å². The standard InChI is InChI=1S/C10H17F4NO5S/c1-8(2,3)20-7(16)15-5-9(4,11)6-19-21(17,18)10(12,13)14/h5-6H2,1-4H3,(H,15,16). The highest BCUT2D eigenvalue weighted by Gasteiger charge is 2.48. The summed E-state index contributed by atoms with van der Waals surface area (Å²) in [6.45, 7) is 3.26. The van der Waals surface area contributed by atoms with Crippen molar-refractivity contribution in [2.75, 3.05) is 13.2 Å². The van der Waals surface area contributed by atoms with Gasteiger partial charge in [0.05, 0.1) is 6.54 Å². The van der Waals surface area contributed by atoms with Crippen LogP contribution in [0.25, 0.3) is 0 Å². The highest BCUT2D eigenvalue weighted by Crippen LogP contribution is 2.26. The minimum absolute atomic E-state index is 0.774. The zero-order valence-electron chi connectivity index (χ0n) is 11.9. The molecule has 0 aliphatic heterocycles. The van der Waals surface area contributed by atoms with Crippen LogP contribution < -0.4 is 5.32 Å². The Kier molecular flexibility index (Phi) is 6.01. The topological polar surface area (TPSA) is 81.7 Å². The van der Waals surface area contributed by atoms with Crippen molar-refractivity contribution >= 4 is 16.2 Å². The molecule has 0 radical (unpaired) electrons. The van der Waals surface area contributed by atoms with Crippen molar-refractivity contribution in [1.29, 1.82) is 0 Å². The number of alkyl carbamates (subject to hydrolysis) is 1. The van der Waals surface area contributed by atoms with Crippen molar-refractivity contribution in [3.63, 3.8) is 0 Å². The second kappa shape index (κ2) is 6.34. The number of nitrogens with one attached hydrogen (secondary N) is 1. The third-order valence-corrected chi connectivity index (χ3v) is 2.79. The smallest absolute Gasteiger partial charge is 0.444 e. The van der Waals surface area contributed by atoms with E-state index in [0.29, 0.717) is 0 Å². The summed E-state index contributed by atoms with van der Waals surface area (Å²) in [5, 5.41) is 1.96. The summed E-state index contributed by atoms with van der Waals surface area (Å²) in [7, 11) is -5.88. The SMILES string of the molecule is CC(F)(CNC(=O)OC(C)(C)C)COS(=O)(=O)C(F)(F)F. The number of ether oxygens (including phenoxy) is 1. The Labute approximate surface area is 119 Å². The van der Waals surface area contributed by atoms with Crippen molar-refractivity contribution in [2.45, 2.75) is 44.5 Å². The average molecular weight is 339 g/mol. The lowest BCUT2D eigenvalue weighted by atomic mass is 10.1. The van der Waals surface area contributed by atoms with Crippen LogP contribution in [0.1, 0.15) is 27.7 Å². The van der Waals surface area contributed by atoms with Crippen LogP contribution in [0.4, 0.5) is 22.4 Å². The Hall–Kier alpha value is -1.10. The Morgan fingerprint density at radius 3 is 1.95 bits per heavy atom. The lowest BCUT2D eigenvalue weighted by Crippen LogP contribution is -2.43. The van der Waals surface area contributed by atoms with Gasteiger partial charge in [-0.1, -0.05) is 0 Å². The molecular weight excluding hydrogens is 322 g/mol. The van der Waals surface area contributed by atoms with E-state index in [4.69, 9.17) is 4.74 Å². The maximum atomic E-state index is 13.8. The fraction of sp³-hybridized carbons (Fsp3) is 0.900. The molecule has 1 N–H and O–H groups in total. The first-order chi connectivity index (χ1) is 9.06. The van der Waals surface area contributed by atoms with Crippen LogP contribution >= 0.6 is 0 Å². The van der Waals surface area contributed by atoms with Gasteiger partial charge in [-0.05, 0) is 27.7 Å². The molecule has 0 aromatic heterocycles. The van der Waals surface area contributed by atoms with Gasteiger partial charge in [-0.3, -0.25) is 4.18 Å². The van der Waals surface area contributed by atoms with Gasteiger partial charge in [0, 0.05) is 0 Å². The Morgan fingerprint density at radius 1 is 1.10 bits per heavy atom. The van der Waals surface area contributed by atoms with Gasteiger partial charge in [0.15, 0.2) is 0 Å². The van der Waals surface area contributed by atoms with Gasteiger partial charge in [-0.25, -0.2) is 9.18 Å². The molecule has 1 amide bonds. The van der Waals surface area contributed by atoms with Crippen molar-refractivity contribution in [3.8, 4) is 0 Å². The van der Waals surface area contributed by atoms with Gasteiger partial charge < -0.3 is 10.1 Å². The lowest BCUT2D eigenvalue weighted by molar-refractivity contribution is -0.0571. The van der Waals surface area contributed by atoms with Gasteiger partial charge in [0.1, 0.15) is 17.9 Å². The number of halogens is 4. The molecule has 0 fully saturated rings. The maximum absolute atomic E-state index is 13.8. The predicted molar refractivity (Wildman–Crippen MR) is 64.7 cm³/mol. The minimum atomic E-state index is -5.88. The van der Waals surface area contributed by atoms with Crippen molar-refractivity contribution < 1.29 is 39.7 Å². The van der Waals surface area contributed by atoms with E-state index in [0.717, 1.165) is 6.92 Å². The maximum Gasteiger partial charge on any atom is 0.523 e. The molecule has 0 aliphatic rings. The Morgan fingerprint density at radius 2 is 1.57 bits per heavy atom. The number of hydrogen-bond donors (Lipinski definition) is 1. The molecule has 0 rings (SSSR count).